The smallest absolute Gasteiger partial charge is 0.180 e. The molecule has 0 bridgehead atoms. The van der Waals surface area contributed by atoms with Crippen LogP contribution in [-0.4, -0.2) is 61.1 Å². The predicted octanol–water partition coefficient (Wildman–Crippen LogP) is 3.11. The van der Waals surface area contributed by atoms with E-state index in [0.29, 0.717) is 5.75 Å². The fourth-order valence-corrected chi connectivity index (χ4v) is 4.01. The van der Waals surface area contributed by atoms with Gasteiger partial charge in [0, 0.05) is 49.3 Å². The number of benzene rings is 2. The number of aldehydes is 1. The maximum Gasteiger partial charge on any atom is 0.180 e. The van der Waals surface area contributed by atoms with Gasteiger partial charge < -0.3 is 19.8 Å². The van der Waals surface area contributed by atoms with Crippen molar-refractivity contribution in [3.05, 3.63) is 48.5 Å². The van der Waals surface area contributed by atoms with E-state index in [1.165, 1.54) is 5.69 Å². The molecular weight excluding hydrogens is 378 g/mol. The molecule has 7 heteroatoms. The van der Waals surface area contributed by atoms with Crippen LogP contribution in [0.4, 0.5) is 17.1 Å². The van der Waals surface area contributed by atoms with Crippen LogP contribution in [0.1, 0.15) is 20.3 Å². The highest BCUT2D eigenvalue weighted by Gasteiger charge is 2.31. The fourth-order valence-electron chi connectivity index (χ4n) is 4.01. The molecule has 1 saturated heterocycles. The molecular formula is C23H29N5O2. The van der Waals surface area contributed by atoms with Gasteiger partial charge in [-0.05, 0) is 61.9 Å². The van der Waals surface area contributed by atoms with Gasteiger partial charge in [-0.25, -0.2) is 0 Å². The van der Waals surface area contributed by atoms with Crippen LogP contribution in [0.25, 0.3) is 0 Å². The van der Waals surface area contributed by atoms with Gasteiger partial charge in [0.1, 0.15) is 12.1 Å². The first kappa shape index (κ1) is 20.1. The molecule has 1 fully saturated rings. The molecule has 2 aliphatic rings. The number of carbonyl (C=O) groups is 1. The van der Waals surface area contributed by atoms with Crippen LogP contribution in [0.15, 0.2) is 53.6 Å². The Morgan fingerprint density at radius 2 is 1.47 bits per heavy atom. The lowest BCUT2D eigenvalue weighted by Gasteiger charge is -2.37. The molecule has 2 aromatic rings. The zero-order chi connectivity index (χ0) is 21.1. The Morgan fingerprint density at radius 1 is 0.967 bits per heavy atom. The summed E-state index contributed by atoms with van der Waals surface area (Å²) in [5, 5.41) is 15.8. The molecule has 7 nitrogen and oxygen atoms in total. The Labute approximate surface area is 177 Å². The van der Waals surface area contributed by atoms with E-state index in [-0.39, 0.29) is 12.2 Å². The Morgan fingerprint density at radius 3 is 1.97 bits per heavy atom. The average Bonchev–Trinajstić information content (AvgIpc) is 3.23. The molecule has 0 radical (unpaired) electrons. The predicted molar refractivity (Wildman–Crippen MR) is 121 cm³/mol. The number of aromatic hydroxyl groups is 1. The van der Waals surface area contributed by atoms with Gasteiger partial charge >= 0.3 is 0 Å². The van der Waals surface area contributed by atoms with Crippen LogP contribution in [0.2, 0.25) is 0 Å². The zero-order valence-electron chi connectivity index (χ0n) is 17.6. The fraction of sp³-hybridized carbons (Fsp3) is 0.391. The summed E-state index contributed by atoms with van der Waals surface area (Å²) in [7, 11) is 0. The van der Waals surface area contributed by atoms with Crippen LogP contribution in [0.3, 0.4) is 0 Å². The van der Waals surface area contributed by atoms with Gasteiger partial charge in [0.15, 0.2) is 12.5 Å². The van der Waals surface area contributed by atoms with Crippen molar-refractivity contribution in [2.24, 2.45) is 5.10 Å². The molecule has 30 heavy (non-hydrogen) atoms. The molecule has 4 rings (SSSR count). The first-order chi connectivity index (χ1) is 14.6. The Kier molecular flexibility index (Phi) is 5.79. The van der Waals surface area contributed by atoms with Crippen molar-refractivity contribution in [1.82, 2.24) is 5.01 Å². The third kappa shape index (κ3) is 3.92. The maximum atomic E-state index is 11.7. The third-order valence-electron chi connectivity index (χ3n) is 6.04. The van der Waals surface area contributed by atoms with Gasteiger partial charge in [-0.15, -0.1) is 0 Å². The van der Waals surface area contributed by atoms with Crippen molar-refractivity contribution < 1.29 is 9.90 Å². The van der Waals surface area contributed by atoms with Crippen molar-refractivity contribution in [3.63, 3.8) is 0 Å². The molecule has 1 unspecified atom stereocenters. The average molecular weight is 408 g/mol. The number of rotatable bonds is 6. The third-order valence-corrected chi connectivity index (χ3v) is 6.04. The monoisotopic (exact) mass is 407 g/mol. The number of carbonyl (C=O) groups excluding carboxylic acids is 1. The molecule has 2 atom stereocenters. The van der Waals surface area contributed by atoms with E-state index in [9.17, 15) is 9.90 Å². The number of anilines is 3. The number of hydrogen-bond donors (Lipinski definition) is 1. The summed E-state index contributed by atoms with van der Waals surface area (Å²) < 4.78 is 0. The molecule has 0 spiro atoms. The highest BCUT2D eigenvalue weighted by Crippen LogP contribution is 2.27. The van der Waals surface area contributed by atoms with Crippen LogP contribution < -0.4 is 14.7 Å². The van der Waals surface area contributed by atoms with Gasteiger partial charge in [-0.3, -0.25) is 9.80 Å². The normalized spacial score (nSPS) is 20.0. The Balaban J connectivity index is 1.39. The minimum atomic E-state index is -0.389. The van der Waals surface area contributed by atoms with Crippen molar-refractivity contribution >= 4 is 29.7 Å². The van der Waals surface area contributed by atoms with Crippen LogP contribution in [0, 0.1) is 0 Å². The summed E-state index contributed by atoms with van der Waals surface area (Å²) in [5.74, 6) is 0.296. The summed E-state index contributed by atoms with van der Waals surface area (Å²) in [5.41, 5.74) is 3.29. The molecule has 0 aliphatic carbocycles. The minimum absolute atomic E-state index is 0.214. The van der Waals surface area contributed by atoms with E-state index in [1.807, 2.05) is 22.0 Å². The highest BCUT2D eigenvalue weighted by atomic mass is 16.3. The number of hydrazone groups is 1. The largest absolute Gasteiger partial charge is 0.508 e. The SMILES string of the molecule is CCC(C)N1N=CN(c2ccc(N3CCN(c4ccc(O)cc4)CC3)cc2)[C@H]1C=O. The molecule has 0 saturated carbocycles. The maximum absolute atomic E-state index is 11.7. The standard InChI is InChI=1S/C23H29N5O2/c1-3-18(2)28-23(16-29)27(17-24-28)21-6-4-19(5-7-21)25-12-14-26(15-13-25)20-8-10-22(30)11-9-20/h4-11,16-18,23,30H,3,12-15H2,1-2H3/t18?,23-/m1/s1. The summed E-state index contributed by atoms with van der Waals surface area (Å²) in [4.78, 5) is 18.3. The van der Waals surface area contributed by atoms with E-state index in [1.54, 1.807) is 18.5 Å². The summed E-state index contributed by atoms with van der Waals surface area (Å²) in [6.45, 7) is 7.91. The van der Waals surface area contributed by atoms with Crippen LogP contribution >= 0.6 is 0 Å². The molecule has 0 aromatic heterocycles. The molecule has 158 valence electrons. The zero-order valence-corrected chi connectivity index (χ0v) is 17.6. The lowest BCUT2D eigenvalue weighted by atomic mass is 10.2. The van der Waals surface area contributed by atoms with E-state index in [2.05, 4.69) is 53.0 Å². The minimum Gasteiger partial charge on any atom is -0.508 e. The van der Waals surface area contributed by atoms with Gasteiger partial charge in [0.25, 0.3) is 0 Å². The van der Waals surface area contributed by atoms with E-state index in [4.69, 9.17) is 0 Å². The van der Waals surface area contributed by atoms with Crippen molar-refractivity contribution in [3.8, 4) is 5.75 Å². The van der Waals surface area contributed by atoms with Gasteiger partial charge in [-0.2, -0.15) is 5.10 Å². The molecule has 2 heterocycles. The van der Waals surface area contributed by atoms with E-state index in [0.717, 1.165) is 50.3 Å². The topological polar surface area (TPSA) is 62.6 Å². The second-order valence-corrected chi connectivity index (χ2v) is 7.83. The number of nitrogens with zero attached hydrogens (tertiary/aromatic N) is 5. The van der Waals surface area contributed by atoms with Crippen molar-refractivity contribution in [2.75, 3.05) is 40.9 Å². The van der Waals surface area contributed by atoms with Gasteiger partial charge in [0.2, 0.25) is 0 Å². The van der Waals surface area contributed by atoms with Gasteiger partial charge in [-0.1, -0.05) is 6.92 Å². The van der Waals surface area contributed by atoms with E-state index < -0.39 is 0 Å². The number of phenols is 1. The first-order valence-electron chi connectivity index (χ1n) is 10.6. The Hall–Kier alpha value is -3.22. The molecule has 2 aromatic carbocycles. The van der Waals surface area contributed by atoms with Crippen LogP contribution in [0.5, 0.6) is 5.75 Å². The first-order valence-corrected chi connectivity index (χ1v) is 10.6. The summed E-state index contributed by atoms with van der Waals surface area (Å²) in [6, 6.07) is 16.0. The summed E-state index contributed by atoms with van der Waals surface area (Å²) in [6.07, 6.45) is 3.25. The lowest BCUT2D eigenvalue weighted by molar-refractivity contribution is -0.112. The van der Waals surface area contributed by atoms with Gasteiger partial charge in [0.05, 0.1) is 0 Å². The summed E-state index contributed by atoms with van der Waals surface area (Å²) >= 11 is 0. The quantitative estimate of drug-likeness (QED) is 0.743. The highest BCUT2D eigenvalue weighted by molar-refractivity contribution is 5.88. The second kappa shape index (κ2) is 8.65. The molecule has 0 amide bonds. The number of hydrogen-bond acceptors (Lipinski definition) is 7. The number of piperazine rings is 1. The van der Waals surface area contributed by atoms with Crippen LogP contribution in [-0.2, 0) is 4.79 Å². The second-order valence-electron chi connectivity index (χ2n) is 7.83. The Bertz CT molecular complexity index is 875. The molecule has 2 aliphatic heterocycles. The van der Waals surface area contributed by atoms with E-state index >= 15 is 0 Å². The van der Waals surface area contributed by atoms with Crippen molar-refractivity contribution in [1.29, 1.82) is 0 Å². The molecule has 1 N–H and O–H groups in total. The number of phenolic OH excluding ortho intramolecular Hbond substituents is 1. The van der Waals surface area contributed by atoms with Crippen molar-refractivity contribution in [2.45, 2.75) is 32.5 Å². The lowest BCUT2D eigenvalue weighted by Crippen LogP contribution is -2.46.